The highest BCUT2D eigenvalue weighted by atomic mass is 79.9. The van der Waals surface area contributed by atoms with Crippen LogP contribution in [0.3, 0.4) is 0 Å². The fourth-order valence-electron chi connectivity index (χ4n) is 4.75. The molecule has 2 aromatic carbocycles. The molecule has 1 amide bonds. The van der Waals surface area contributed by atoms with Gasteiger partial charge in [0.25, 0.3) is 5.91 Å². The number of aromatic amines is 1. The molecule has 35 heavy (non-hydrogen) atoms. The molecular formula is C27H32BrFN4O2. The standard InChI is InChI=1S/C27H32BrFN4O2/c1-18-5-2-3-13-33(18)14-12-22-16-30-27(31-22)32-26(35)24-6-4-7-25(29)23(24)11-9-19-15-21(28)10-8-20(19)17-34/h4,6-8,10,15-16,18,34H,2-3,5,9,11-14,17H2,1H3,(H2,30,31,32,35). The average Bonchev–Trinajstić information content (AvgIpc) is 3.30. The summed E-state index contributed by atoms with van der Waals surface area (Å²) in [6.07, 6.45) is 7.19. The van der Waals surface area contributed by atoms with Gasteiger partial charge in [-0.2, -0.15) is 0 Å². The maximum atomic E-state index is 14.8. The van der Waals surface area contributed by atoms with Crippen LogP contribution in [0, 0.1) is 5.82 Å². The van der Waals surface area contributed by atoms with Gasteiger partial charge in [0.2, 0.25) is 5.95 Å². The van der Waals surface area contributed by atoms with Crippen LogP contribution in [0.5, 0.6) is 0 Å². The summed E-state index contributed by atoms with van der Waals surface area (Å²) in [5, 5.41) is 12.4. The molecule has 4 rings (SSSR count). The molecule has 186 valence electrons. The molecule has 1 aromatic heterocycles. The van der Waals surface area contributed by atoms with Crippen LogP contribution in [-0.2, 0) is 25.9 Å². The van der Waals surface area contributed by atoms with E-state index < -0.39 is 11.7 Å². The number of aliphatic hydroxyl groups is 1. The number of amides is 1. The number of aryl methyl sites for hydroxylation is 1. The number of imidazole rings is 1. The number of aromatic nitrogens is 2. The van der Waals surface area contributed by atoms with Crippen LogP contribution in [-0.4, -0.2) is 45.0 Å². The molecule has 8 heteroatoms. The predicted octanol–water partition coefficient (Wildman–Crippen LogP) is 5.26. The number of carbonyl (C=O) groups is 1. The van der Waals surface area contributed by atoms with E-state index in [-0.39, 0.29) is 12.2 Å². The molecule has 0 aliphatic carbocycles. The molecule has 0 spiro atoms. The van der Waals surface area contributed by atoms with Crippen molar-refractivity contribution in [1.82, 2.24) is 14.9 Å². The molecule has 1 unspecified atom stereocenters. The largest absolute Gasteiger partial charge is 0.392 e. The molecule has 0 bridgehead atoms. The Morgan fingerprint density at radius 2 is 2.09 bits per heavy atom. The first-order chi connectivity index (χ1) is 16.9. The van der Waals surface area contributed by atoms with Crippen LogP contribution in [0.1, 0.15) is 58.9 Å². The summed E-state index contributed by atoms with van der Waals surface area (Å²) in [4.78, 5) is 23.0. The van der Waals surface area contributed by atoms with Gasteiger partial charge in [-0.25, -0.2) is 9.37 Å². The maximum absolute atomic E-state index is 14.8. The Balaban J connectivity index is 1.41. The number of anilines is 1. The third kappa shape index (κ3) is 6.57. The third-order valence-corrected chi connectivity index (χ3v) is 7.31. The Labute approximate surface area is 214 Å². The number of halogens is 2. The molecule has 0 saturated carbocycles. The first kappa shape index (κ1) is 25.5. The van der Waals surface area contributed by atoms with Gasteiger partial charge in [-0.3, -0.25) is 10.1 Å². The molecule has 1 aliphatic heterocycles. The zero-order chi connectivity index (χ0) is 24.8. The van der Waals surface area contributed by atoms with E-state index in [1.165, 1.54) is 25.3 Å². The minimum Gasteiger partial charge on any atom is -0.392 e. The monoisotopic (exact) mass is 542 g/mol. The summed E-state index contributed by atoms with van der Waals surface area (Å²) in [6, 6.07) is 10.8. The number of benzene rings is 2. The topological polar surface area (TPSA) is 81.2 Å². The van der Waals surface area contributed by atoms with Crippen molar-refractivity contribution in [3.05, 3.63) is 80.8 Å². The van der Waals surface area contributed by atoms with E-state index in [1.54, 1.807) is 18.3 Å². The van der Waals surface area contributed by atoms with Crippen LogP contribution < -0.4 is 5.32 Å². The number of carbonyl (C=O) groups excluding carboxylic acids is 1. The number of aliphatic hydroxyl groups excluding tert-OH is 1. The van der Waals surface area contributed by atoms with Gasteiger partial charge in [0.15, 0.2) is 0 Å². The second-order valence-corrected chi connectivity index (χ2v) is 10.1. The first-order valence-corrected chi connectivity index (χ1v) is 13.0. The normalized spacial score (nSPS) is 16.4. The Bertz CT molecular complexity index is 1170. The molecule has 1 aliphatic rings. The number of hydrogen-bond acceptors (Lipinski definition) is 4. The minimum absolute atomic E-state index is 0.0925. The zero-order valence-corrected chi connectivity index (χ0v) is 21.6. The lowest BCUT2D eigenvalue weighted by molar-refractivity contribution is 0.102. The van der Waals surface area contributed by atoms with Crippen LogP contribution in [0.2, 0.25) is 0 Å². The third-order valence-electron chi connectivity index (χ3n) is 6.82. The smallest absolute Gasteiger partial charge is 0.258 e. The van der Waals surface area contributed by atoms with Crippen molar-refractivity contribution < 1.29 is 14.3 Å². The van der Waals surface area contributed by atoms with Crippen molar-refractivity contribution in [3.63, 3.8) is 0 Å². The lowest BCUT2D eigenvalue weighted by Crippen LogP contribution is -2.38. The fourth-order valence-corrected chi connectivity index (χ4v) is 5.15. The van der Waals surface area contributed by atoms with Crippen LogP contribution >= 0.6 is 15.9 Å². The summed E-state index contributed by atoms with van der Waals surface area (Å²) < 4.78 is 15.6. The van der Waals surface area contributed by atoms with Crippen LogP contribution in [0.4, 0.5) is 10.3 Å². The molecule has 3 N–H and O–H groups in total. The lowest BCUT2D eigenvalue weighted by atomic mass is 9.96. The van der Waals surface area contributed by atoms with E-state index in [0.717, 1.165) is 40.8 Å². The summed E-state index contributed by atoms with van der Waals surface area (Å²) in [7, 11) is 0. The maximum Gasteiger partial charge on any atom is 0.258 e. The van der Waals surface area contributed by atoms with E-state index in [4.69, 9.17) is 0 Å². The Morgan fingerprint density at radius 1 is 1.23 bits per heavy atom. The summed E-state index contributed by atoms with van der Waals surface area (Å²) in [6.45, 7) is 4.26. The van der Waals surface area contributed by atoms with Gasteiger partial charge in [0.05, 0.1) is 12.8 Å². The quantitative estimate of drug-likeness (QED) is 0.344. The second-order valence-electron chi connectivity index (χ2n) is 9.18. The lowest BCUT2D eigenvalue weighted by Gasteiger charge is -2.33. The van der Waals surface area contributed by atoms with Crippen molar-refractivity contribution >= 4 is 27.8 Å². The highest BCUT2D eigenvalue weighted by Crippen LogP contribution is 2.22. The minimum atomic E-state index is -0.422. The predicted molar refractivity (Wildman–Crippen MR) is 139 cm³/mol. The molecule has 1 saturated heterocycles. The van der Waals surface area contributed by atoms with Crippen LogP contribution in [0.15, 0.2) is 47.1 Å². The van der Waals surface area contributed by atoms with Crippen molar-refractivity contribution in [3.8, 4) is 0 Å². The van der Waals surface area contributed by atoms with Crippen molar-refractivity contribution in [2.24, 2.45) is 0 Å². The highest BCUT2D eigenvalue weighted by molar-refractivity contribution is 9.10. The number of rotatable bonds is 9. The molecule has 0 radical (unpaired) electrons. The van der Waals surface area contributed by atoms with E-state index in [1.807, 2.05) is 18.2 Å². The van der Waals surface area contributed by atoms with Gasteiger partial charge < -0.3 is 15.0 Å². The van der Waals surface area contributed by atoms with Gasteiger partial charge >= 0.3 is 0 Å². The number of likely N-dealkylation sites (tertiary alicyclic amines) is 1. The number of hydrogen-bond donors (Lipinski definition) is 3. The number of H-pyrrole nitrogens is 1. The average molecular weight is 543 g/mol. The Morgan fingerprint density at radius 3 is 2.89 bits per heavy atom. The fraction of sp³-hybridized carbons (Fsp3) is 0.407. The molecule has 6 nitrogen and oxygen atoms in total. The van der Waals surface area contributed by atoms with Crippen molar-refractivity contribution in [2.75, 3.05) is 18.4 Å². The highest BCUT2D eigenvalue weighted by Gasteiger charge is 2.19. The van der Waals surface area contributed by atoms with Crippen molar-refractivity contribution in [2.45, 2.75) is 58.1 Å². The van der Waals surface area contributed by atoms with E-state index in [2.05, 4.69) is 43.0 Å². The van der Waals surface area contributed by atoms with E-state index in [9.17, 15) is 14.3 Å². The summed E-state index contributed by atoms with van der Waals surface area (Å²) in [5.41, 5.74) is 3.29. The van der Waals surface area contributed by atoms with Crippen molar-refractivity contribution in [1.29, 1.82) is 0 Å². The van der Waals surface area contributed by atoms with Gasteiger partial charge in [-0.15, -0.1) is 0 Å². The van der Waals surface area contributed by atoms with Crippen LogP contribution in [0.25, 0.3) is 0 Å². The summed E-state index contributed by atoms with van der Waals surface area (Å²) in [5.74, 6) is -0.461. The van der Waals surface area contributed by atoms with E-state index in [0.29, 0.717) is 30.4 Å². The Hall–Kier alpha value is -2.55. The molecule has 1 atom stereocenters. The molecule has 3 aromatic rings. The van der Waals surface area contributed by atoms with Gasteiger partial charge in [0, 0.05) is 40.3 Å². The van der Waals surface area contributed by atoms with Gasteiger partial charge in [-0.1, -0.05) is 34.5 Å². The van der Waals surface area contributed by atoms with Gasteiger partial charge in [-0.05, 0) is 74.5 Å². The Kier molecular flexibility index (Phi) is 8.70. The SMILES string of the molecule is CC1CCCCN1CCc1cnc(NC(=O)c2cccc(F)c2CCc2cc(Br)ccc2CO)[nH]1. The number of nitrogens with one attached hydrogen (secondary N) is 2. The van der Waals surface area contributed by atoms with Gasteiger partial charge in [0.1, 0.15) is 5.82 Å². The molecular weight excluding hydrogens is 511 g/mol. The zero-order valence-electron chi connectivity index (χ0n) is 20.0. The molecule has 1 fully saturated rings. The summed E-state index contributed by atoms with van der Waals surface area (Å²) >= 11 is 3.45. The number of nitrogens with zero attached hydrogens (tertiary/aromatic N) is 2. The second kappa shape index (κ2) is 11.9. The van der Waals surface area contributed by atoms with E-state index >= 15 is 0 Å². The number of piperidine rings is 1. The molecule has 2 heterocycles. The first-order valence-electron chi connectivity index (χ1n) is 12.2.